The normalized spacial score (nSPS) is 36.5. The molecule has 3 aromatic rings. The molecule has 7 bridgehead atoms. The molecule has 5 aliphatic rings. The highest BCUT2D eigenvalue weighted by Crippen LogP contribution is 2.74. The number of methoxy groups -OCH3 is 1. The minimum atomic E-state index is -1.74. The first-order valence-electron chi connectivity index (χ1n) is 16.8. The van der Waals surface area contributed by atoms with Gasteiger partial charge in [0, 0.05) is 42.8 Å². The first-order valence-corrected chi connectivity index (χ1v) is 16.8. The summed E-state index contributed by atoms with van der Waals surface area (Å²) in [6.45, 7) is 6.47. The van der Waals surface area contributed by atoms with Gasteiger partial charge in [-0.25, -0.2) is 0 Å². The van der Waals surface area contributed by atoms with Crippen LogP contribution in [0.25, 0.3) is 16.8 Å². The summed E-state index contributed by atoms with van der Waals surface area (Å²) < 4.78 is 5.96. The average molecular weight is 605 g/mol. The standard InChI is InChI=1S/C40H44O5/c1-24-35-30(23-41)22-39(40(35,44)45-3)34(43)14-10-25-7-6-8-31(18-25)38(15-4-5-16-38)36-32-20-29-17-26(21-37(24,39)2)9-11-27(29)19-28(32)12-13-33(36)42/h6-9,11-13,17-20,30,33,35-36,41-42,44H,1,4-5,10,14-16,21-23H2,2-3H3. The number of hydrogen-bond donors (Lipinski definition) is 3. The van der Waals surface area contributed by atoms with Gasteiger partial charge < -0.3 is 20.1 Å². The van der Waals surface area contributed by atoms with E-state index in [1.807, 2.05) is 6.08 Å². The lowest BCUT2D eigenvalue weighted by Gasteiger charge is -2.48. The molecule has 0 saturated heterocycles. The zero-order chi connectivity index (χ0) is 31.4. The van der Waals surface area contributed by atoms with E-state index in [4.69, 9.17) is 4.74 Å². The Balaban J connectivity index is 1.37. The Labute approximate surface area is 265 Å². The minimum absolute atomic E-state index is 0.0254. The summed E-state index contributed by atoms with van der Waals surface area (Å²) in [6, 6.07) is 19.8. The Morgan fingerprint density at radius 3 is 2.53 bits per heavy atom. The first kappa shape index (κ1) is 29.3. The third-order valence-corrected chi connectivity index (χ3v) is 13.2. The number of aryl methyl sites for hydroxylation is 1. The molecule has 45 heavy (non-hydrogen) atoms. The van der Waals surface area contributed by atoms with Gasteiger partial charge in [0.25, 0.3) is 0 Å². The van der Waals surface area contributed by atoms with Gasteiger partial charge in [0.1, 0.15) is 5.78 Å². The fourth-order valence-electron chi connectivity index (χ4n) is 11.1. The highest BCUT2D eigenvalue weighted by atomic mass is 16.6. The molecule has 5 aliphatic carbocycles. The average Bonchev–Trinajstić information content (AvgIpc) is 3.67. The molecule has 7 atom stereocenters. The van der Waals surface area contributed by atoms with Crippen molar-refractivity contribution in [3.8, 4) is 0 Å². The van der Waals surface area contributed by atoms with Crippen LogP contribution in [0.3, 0.4) is 0 Å². The summed E-state index contributed by atoms with van der Waals surface area (Å²) in [5.74, 6) is -2.65. The van der Waals surface area contributed by atoms with Crippen molar-refractivity contribution in [2.75, 3.05) is 13.7 Å². The van der Waals surface area contributed by atoms with Crippen molar-refractivity contribution in [3.05, 3.63) is 101 Å². The van der Waals surface area contributed by atoms with Crippen molar-refractivity contribution in [1.82, 2.24) is 0 Å². The van der Waals surface area contributed by atoms with E-state index in [0.29, 0.717) is 19.3 Å². The maximum Gasteiger partial charge on any atom is 0.185 e. The maximum absolute atomic E-state index is 14.8. The number of benzene rings is 3. The zero-order valence-corrected chi connectivity index (χ0v) is 26.4. The number of ether oxygens (including phenoxy) is 1. The Morgan fingerprint density at radius 1 is 0.978 bits per heavy atom. The number of Topliss-reactive ketones (excluding diaryl/α,β-unsaturated/α-hetero) is 1. The van der Waals surface area contributed by atoms with Crippen molar-refractivity contribution >= 4 is 22.6 Å². The van der Waals surface area contributed by atoms with Crippen LogP contribution in [-0.2, 0) is 27.8 Å². The quantitative estimate of drug-likeness (QED) is 0.233. The van der Waals surface area contributed by atoms with Crippen molar-refractivity contribution in [3.63, 3.8) is 0 Å². The van der Waals surface area contributed by atoms with Gasteiger partial charge in [0.2, 0.25) is 0 Å². The van der Waals surface area contributed by atoms with Crippen LogP contribution >= 0.6 is 0 Å². The Hall–Kier alpha value is -3.09. The molecular formula is C40H44O5. The van der Waals surface area contributed by atoms with Crippen LogP contribution in [0.15, 0.2) is 72.8 Å². The fourth-order valence-corrected chi connectivity index (χ4v) is 11.1. The monoisotopic (exact) mass is 604 g/mol. The van der Waals surface area contributed by atoms with E-state index in [1.54, 1.807) is 0 Å². The van der Waals surface area contributed by atoms with E-state index in [2.05, 4.69) is 74.2 Å². The van der Waals surface area contributed by atoms with Gasteiger partial charge in [-0.3, -0.25) is 4.79 Å². The lowest BCUT2D eigenvalue weighted by Crippen LogP contribution is -2.56. The number of carbonyl (C=O) groups is 1. The molecule has 7 unspecified atom stereocenters. The number of aliphatic hydroxyl groups excluding tert-OH is 2. The molecule has 3 fully saturated rings. The highest BCUT2D eigenvalue weighted by Gasteiger charge is 2.80. The van der Waals surface area contributed by atoms with E-state index >= 15 is 0 Å². The molecule has 0 heterocycles. The molecule has 8 rings (SSSR count). The van der Waals surface area contributed by atoms with Crippen LogP contribution in [0.4, 0.5) is 0 Å². The second-order valence-corrected chi connectivity index (χ2v) is 14.9. The summed E-state index contributed by atoms with van der Waals surface area (Å²) in [4.78, 5) is 14.8. The topological polar surface area (TPSA) is 87.0 Å². The van der Waals surface area contributed by atoms with Crippen LogP contribution in [0.1, 0.15) is 79.2 Å². The van der Waals surface area contributed by atoms with E-state index in [9.17, 15) is 20.1 Å². The van der Waals surface area contributed by atoms with E-state index in [0.717, 1.165) is 53.2 Å². The molecule has 3 saturated carbocycles. The fraction of sp³-hybridized carbons (Fsp3) is 0.475. The van der Waals surface area contributed by atoms with Gasteiger partial charge in [-0.05, 0) is 82.7 Å². The third kappa shape index (κ3) is 3.67. The molecule has 234 valence electrons. The summed E-state index contributed by atoms with van der Waals surface area (Å²) in [6.07, 6.45) is 9.43. The SMILES string of the molecule is C=C1C2C(CO)CC3(C(=O)CCc4cccc(c4)C4(CCCC4)C4c5cc6cc(ccc6cc5C=CC4O)CC13C)C2(O)OC. The van der Waals surface area contributed by atoms with Crippen molar-refractivity contribution < 1.29 is 24.9 Å². The molecular weight excluding hydrogens is 560 g/mol. The van der Waals surface area contributed by atoms with E-state index in [-0.39, 0.29) is 36.1 Å². The van der Waals surface area contributed by atoms with Gasteiger partial charge in [-0.2, -0.15) is 0 Å². The lowest BCUT2D eigenvalue weighted by molar-refractivity contribution is -0.254. The summed E-state index contributed by atoms with van der Waals surface area (Å²) in [7, 11) is 1.49. The number of fused-ring (bicyclic) bond motifs is 6. The predicted octanol–water partition coefficient (Wildman–Crippen LogP) is 6.41. The number of ketones is 1. The molecule has 0 radical (unpaired) electrons. The largest absolute Gasteiger partial charge is 0.396 e. The van der Waals surface area contributed by atoms with Gasteiger partial charge >= 0.3 is 0 Å². The smallest absolute Gasteiger partial charge is 0.185 e. The summed E-state index contributed by atoms with van der Waals surface area (Å²) >= 11 is 0. The highest BCUT2D eigenvalue weighted by molar-refractivity contribution is 5.90. The van der Waals surface area contributed by atoms with Crippen LogP contribution in [0.5, 0.6) is 0 Å². The Kier molecular flexibility index (Phi) is 6.49. The van der Waals surface area contributed by atoms with Crippen molar-refractivity contribution in [2.24, 2.45) is 22.7 Å². The molecule has 0 aliphatic heterocycles. The van der Waals surface area contributed by atoms with Crippen LogP contribution in [0, 0.1) is 22.7 Å². The Bertz CT molecular complexity index is 1770. The summed E-state index contributed by atoms with van der Waals surface area (Å²) in [5, 5.41) is 36.7. The third-order valence-electron chi connectivity index (χ3n) is 13.2. The number of carbonyl (C=O) groups excluding carboxylic acids is 1. The Morgan fingerprint density at radius 2 is 1.78 bits per heavy atom. The molecule has 0 amide bonds. The van der Waals surface area contributed by atoms with Gasteiger partial charge in [-0.15, -0.1) is 0 Å². The van der Waals surface area contributed by atoms with E-state index in [1.165, 1.54) is 23.8 Å². The molecule has 5 heteroatoms. The number of rotatable bonds is 2. The van der Waals surface area contributed by atoms with Crippen molar-refractivity contribution in [1.29, 1.82) is 0 Å². The molecule has 2 spiro atoms. The molecule has 5 nitrogen and oxygen atoms in total. The zero-order valence-electron chi connectivity index (χ0n) is 26.4. The second kappa shape index (κ2) is 9.95. The molecule has 0 aromatic heterocycles. The molecule has 3 aromatic carbocycles. The predicted molar refractivity (Wildman–Crippen MR) is 176 cm³/mol. The van der Waals surface area contributed by atoms with Crippen LogP contribution in [0.2, 0.25) is 0 Å². The summed E-state index contributed by atoms with van der Waals surface area (Å²) in [5.41, 5.74) is 4.34. The maximum atomic E-state index is 14.8. The lowest BCUT2D eigenvalue weighted by atomic mass is 9.55. The number of hydrogen-bond acceptors (Lipinski definition) is 5. The van der Waals surface area contributed by atoms with Crippen LogP contribution in [-0.4, -0.2) is 46.7 Å². The van der Waals surface area contributed by atoms with Gasteiger partial charge in [-0.1, -0.05) is 92.6 Å². The van der Waals surface area contributed by atoms with Crippen molar-refractivity contribution in [2.45, 2.75) is 81.5 Å². The van der Waals surface area contributed by atoms with Gasteiger partial charge in [0.05, 0.1) is 11.5 Å². The molecule has 3 N–H and O–H groups in total. The van der Waals surface area contributed by atoms with Gasteiger partial charge in [0.15, 0.2) is 5.79 Å². The minimum Gasteiger partial charge on any atom is -0.396 e. The van der Waals surface area contributed by atoms with Crippen LogP contribution < -0.4 is 0 Å². The number of aliphatic hydroxyl groups is 3. The second-order valence-electron chi connectivity index (χ2n) is 14.9. The van der Waals surface area contributed by atoms with E-state index < -0.39 is 28.6 Å². The first-order chi connectivity index (χ1) is 21.6.